The molecular formula is C13H27NO3. The summed E-state index contributed by atoms with van der Waals surface area (Å²) in [7, 11) is 0. The molecule has 0 saturated carbocycles. The zero-order valence-corrected chi connectivity index (χ0v) is 11.6. The Labute approximate surface area is 105 Å². The molecule has 0 aliphatic carbocycles. The van der Waals surface area contributed by atoms with Gasteiger partial charge in [0.15, 0.2) is 0 Å². The van der Waals surface area contributed by atoms with Crippen molar-refractivity contribution in [3.63, 3.8) is 0 Å². The number of carboxylic acid groups (broad SMARTS) is 1. The van der Waals surface area contributed by atoms with Crippen LogP contribution in [0.5, 0.6) is 0 Å². The minimum atomic E-state index is -0.887. The number of ether oxygens (including phenoxy) is 1. The van der Waals surface area contributed by atoms with Crippen LogP contribution >= 0.6 is 0 Å². The van der Waals surface area contributed by atoms with Crippen molar-refractivity contribution in [3.05, 3.63) is 0 Å². The predicted molar refractivity (Wildman–Crippen MR) is 69.3 cm³/mol. The topological polar surface area (TPSA) is 58.6 Å². The Morgan fingerprint density at radius 2 is 2.06 bits per heavy atom. The molecule has 2 unspecified atom stereocenters. The standard InChI is InChI=1S/C13H27NO3/c1-5-7-9-17-11(3)10-13(4,12(15)16)14-8-6-2/h11,14H,5-10H2,1-4H3,(H,15,16). The highest BCUT2D eigenvalue weighted by molar-refractivity contribution is 5.78. The number of rotatable bonds is 10. The molecular weight excluding hydrogens is 218 g/mol. The Morgan fingerprint density at radius 3 is 2.53 bits per heavy atom. The van der Waals surface area contributed by atoms with E-state index >= 15 is 0 Å². The number of hydrogen-bond acceptors (Lipinski definition) is 3. The first-order chi connectivity index (χ1) is 7.96. The fourth-order valence-corrected chi connectivity index (χ4v) is 1.70. The van der Waals surface area contributed by atoms with Crippen molar-refractivity contribution in [1.29, 1.82) is 0 Å². The fourth-order valence-electron chi connectivity index (χ4n) is 1.70. The van der Waals surface area contributed by atoms with Gasteiger partial charge < -0.3 is 15.2 Å². The molecule has 0 heterocycles. The Kier molecular flexibility index (Phi) is 8.17. The van der Waals surface area contributed by atoms with Crippen molar-refractivity contribution < 1.29 is 14.6 Å². The van der Waals surface area contributed by atoms with Gasteiger partial charge in [-0.2, -0.15) is 0 Å². The molecule has 0 bridgehead atoms. The maximum Gasteiger partial charge on any atom is 0.323 e. The second-order valence-corrected chi connectivity index (χ2v) is 4.80. The monoisotopic (exact) mass is 245 g/mol. The lowest BCUT2D eigenvalue weighted by molar-refractivity contribution is -0.145. The van der Waals surface area contributed by atoms with Crippen molar-refractivity contribution in [2.24, 2.45) is 0 Å². The number of aliphatic carboxylic acids is 1. The van der Waals surface area contributed by atoms with Crippen molar-refractivity contribution in [3.8, 4) is 0 Å². The van der Waals surface area contributed by atoms with Crippen molar-refractivity contribution in [2.45, 2.75) is 65.0 Å². The Balaban J connectivity index is 4.18. The van der Waals surface area contributed by atoms with Gasteiger partial charge in [-0.3, -0.25) is 4.79 Å². The number of unbranched alkanes of at least 4 members (excludes halogenated alkanes) is 1. The molecule has 0 saturated heterocycles. The Bertz CT molecular complexity index is 221. The van der Waals surface area contributed by atoms with Crippen LogP contribution in [-0.2, 0) is 9.53 Å². The molecule has 0 aliphatic rings. The highest BCUT2D eigenvalue weighted by Crippen LogP contribution is 2.15. The predicted octanol–water partition coefficient (Wildman–Crippen LogP) is 2.42. The molecule has 0 rings (SSSR count). The lowest BCUT2D eigenvalue weighted by Crippen LogP contribution is -2.51. The van der Waals surface area contributed by atoms with Gasteiger partial charge in [0.25, 0.3) is 0 Å². The molecule has 0 aromatic heterocycles. The summed E-state index contributed by atoms with van der Waals surface area (Å²) in [4.78, 5) is 11.3. The molecule has 4 nitrogen and oxygen atoms in total. The van der Waals surface area contributed by atoms with Gasteiger partial charge >= 0.3 is 5.97 Å². The third kappa shape index (κ3) is 6.64. The van der Waals surface area contributed by atoms with E-state index in [0.29, 0.717) is 19.6 Å². The zero-order valence-electron chi connectivity index (χ0n) is 11.6. The van der Waals surface area contributed by atoms with E-state index in [1.165, 1.54) is 0 Å². The summed E-state index contributed by atoms with van der Waals surface area (Å²) >= 11 is 0. The summed E-state index contributed by atoms with van der Waals surface area (Å²) in [5, 5.41) is 12.3. The zero-order chi connectivity index (χ0) is 13.3. The summed E-state index contributed by atoms with van der Waals surface area (Å²) < 4.78 is 5.60. The third-order valence-electron chi connectivity index (χ3n) is 2.83. The largest absolute Gasteiger partial charge is 0.480 e. The van der Waals surface area contributed by atoms with E-state index in [1.54, 1.807) is 6.92 Å². The van der Waals surface area contributed by atoms with Crippen LogP contribution in [0, 0.1) is 0 Å². The van der Waals surface area contributed by atoms with E-state index in [9.17, 15) is 9.90 Å². The van der Waals surface area contributed by atoms with E-state index in [4.69, 9.17) is 4.74 Å². The maximum absolute atomic E-state index is 11.3. The summed E-state index contributed by atoms with van der Waals surface area (Å²) in [5.74, 6) is -0.808. The average molecular weight is 245 g/mol. The van der Waals surface area contributed by atoms with Gasteiger partial charge in [0, 0.05) is 13.0 Å². The van der Waals surface area contributed by atoms with Crippen molar-refractivity contribution >= 4 is 5.97 Å². The molecule has 0 fully saturated rings. The Morgan fingerprint density at radius 1 is 1.41 bits per heavy atom. The third-order valence-corrected chi connectivity index (χ3v) is 2.83. The van der Waals surface area contributed by atoms with Gasteiger partial charge in [0.2, 0.25) is 0 Å². The van der Waals surface area contributed by atoms with Crippen molar-refractivity contribution in [2.75, 3.05) is 13.2 Å². The Hall–Kier alpha value is -0.610. The minimum Gasteiger partial charge on any atom is -0.480 e. The minimum absolute atomic E-state index is 0.0352. The van der Waals surface area contributed by atoms with E-state index in [0.717, 1.165) is 19.3 Å². The molecule has 102 valence electrons. The number of hydrogen-bond donors (Lipinski definition) is 2. The van der Waals surface area contributed by atoms with E-state index in [1.807, 2.05) is 13.8 Å². The number of nitrogens with one attached hydrogen (secondary N) is 1. The van der Waals surface area contributed by atoms with E-state index in [-0.39, 0.29) is 6.10 Å². The quantitative estimate of drug-likeness (QED) is 0.580. The molecule has 0 spiro atoms. The molecule has 4 heteroatoms. The van der Waals surface area contributed by atoms with Crippen LogP contribution < -0.4 is 5.32 Å². The van der Waals surface area contributed by atoms with Gasteiger partial charge in [-0.15, -0.1) is 0 Å². The number of carboxylic acids is 1. The SMILES string of the molecule is CCCCOC(C)CC(C)(NCCC)C(=O)O. The van der Waals surface area contributed by atoms with Crippen LogP contribution in [0.4, 0.5) is 0 Å². The van der Waals surface area contributed by atoms with Crippen LogP contribution in [0.15, 0.2) is 0 Å². The summed E-state index contributed by atoms with van der Waals surface area (Å²) in [5.41, 5.74) is -0.887. The van der Waals surface area contributed by atoms with Crippen molar-refractivity contribution in [1.82, 2.24) is 5.32 Å². The second-order valence-electron chi connectivity index (χ2n) is 4.80. The van der Waals surface area contributed by atoms with Crippen LogP contribution in [0.25, 0.3) is 0 Å². The van der Waals surface area contributed by atoms with Gasteiger partial charge in [0.1, 0.15) is 5.54 Å². The van der Waals surface area contributed by atoms with Crippen LogP contribution in [0.1, 0.15) is 53.4 Å². The highest BCUT2D eigenvalue weighted by Gasteiger charge is 2.34. The normalized spacial score (nSPS) is 16.5. The highest BCUT2D eigenvalue weighted by atomic mass is 16.5. The lowest BCUT2D eigenvalue weighted by atomic mass is 9.94. The summed E-state index contributed by atoms with van der Waals surface area (Å²) in [6.45, 7) is 9.22. The van der Waals surface area contributed by atoms with E-state index < -0.39 is 11.5 Å². The summed E-state index contributed by atoms with van der Waals surface area (Å²) in [6.07, 6.45) is 3.50. The molecule has 0 aliphatic heterocycles. The number of carbonyl (C=O) groups is 1. The first-order valence-electron chi connectivity index (χ1n) is 6.56. The van der Waals surface area contributed by atoms with Gasteiger partial charge in [-0.05, 0) is 33.2 Å². The molecule has 0 aromatic carbocycles. The van der Waals surface area contributed by atoms with E-state index in [2.05, 4.69) is 12.2 Å². The molecule has 17 heavy (non-hydrogen) atoms. The lowest BCUT2D eigenvalue weighted by Gasteiger charge is -2.29. The average Bonchev–Trinajstić information content (AvgIpc) is 2.26. The van der Waals surface area contributed by atoms with Gasteiger partial charge in [-0.25, -0.2) is 0 Å². The maximum atomic E-state index is 11.3. The van der Waals surface area contributed by atoms with Crippen LogP contribution in [-0.4, -0.2) is 35.9 Å². The van der Waals surface area contributed by atoms with Gasteiger partial charge in [0.05, 0.1) is 6.10 Å². The first-order valence-corrected chi connectivity index (χ1v) is 6.56. The second kappa shape index (κ2) is 8.48. The summed E-state index contributed by atoms with van der Waals surface area (Å²) in [6, 6.07) is 0. The molecule has 0 radical (unpaired) electrons. The van der Waals surface area contributed by atoms with Gasteiger partial charge in [-0.1, -0.05) is 20.3 Å². The first kappa shape index (κ1) is 16.4. The van der Waals surface area contributed by atoms with Crippen LogP contribution in [0.2, 0.25) is 0 Å². The van der Waals surface area contributed by atoms with Crippen LogP contribution in [0.3, 0.4) is 0 Å². The molecule has 2 N–H and O–H groups in total. The molecule has 0 aromatic rings. The molecule has 0 amide bonds. The molecule has 2 atom stereocenters. The fraction of sp³-hybridized carbons (Fsp3) is 0.923. The smallest absolute Gasteiger partial charge is 0.323 e.